The Labute approximate surface area is 177 Å². The second kappa shape index (κ2) is 9.55. The van der Waals surface area contributed by atoms with Crippen molar-refractivity contribution in [2.45, 2.75) is 31.6 Å². The molecule has 1 aromatic heterocycles. The molecule has 0 fully saturated rings. The minimum Gasteiger partial charge on any atom is -0.439 e. The van der Waals surface area contributed by atoms with Gasteiger partial charge in [0.15, 0.2) is 0 Å². The van der Waals surface area contributed by atoms with E-state index in [4.69, 9.17) is 10.5 Å². The number of pyridine rings is 1. The Morgan fingerprint density at radius 2 is 1.97 bits per heavy atom. The van der Waals surface area contributed by atoms with Crippen molar-refractivity contribution in [3.63, 3.8) is 0 Å². The monoisotopic (exact) mass is 401 g/mol. The zero-order chi connectivity index (χ0) is 20.8. The molecule has 0 radical (unpaired) electrons. The number of carbonyl (C=O) groups excluding carboxylic acids is 1. The van der Waals surface area contributed by atoms with E-state index in [0.29, 0.717) is 17.4 Å². The molecule has 1 unspecified atom stereocenters. The Balaban J connectivity index is 1.40. The van der Waals surface area contributed by atoms with E-state index in [1.54, 1.807) is 12.1 Å². The molecule has 5 heteroatoms. The zero-order valence-electron chi connectivity index (χ0n) is 17.0. The molecule has 1 heterocycles. The van der Waals surface area contributed by atoms with Crippen LogP contribution in [-0.2, 0) is 12.8 Å². The fourth-order valence-corrected chi connectivity index (χ4v) is 4.07. The maximum atomic E-state index is 11.2. The number of ether oxygens (including phenoxy) is 1. The van der Waals surface area contributed by atoms with Crippen LogP contribution in [0.1, 0.15) is 45.8 Å². The highest BCUT2D eigenvalue weighted by Gasteiger charge is 2.23. The predicted molar refractivity (Wildman–Crippen MR) is 118 cm³/mol. The van der Waals surface area contributed by atoms with Crippen LogP contribution >= 0.6 is 0 Å². The van der Waals surface area contributed by atoms with Gasteiger partial charge >= 0.3 is 0 Å². The summed E-state index contributed by atoms with van der Waals surface area (Å²) in [5.41, 5.74) is 9.64. The highest BCUT2D eigenvalue weighted by atomic mass is 16.5. The Kier molecular flexibility index (Phi) is 6.40. The van der Waals surface area contributed by atoms with E-state index in [2.05, 4.69) is 46.7 Å². The third-order valence-corrected chi connectivity index (χ3v) is 5.65. The molecule has 0 aliphatic heterocycles. The number of nitrogens with two attached hydrogens (primary N) is 1. The van der Waals surface area contributed by atoms with Crippen LogP contribution in [0.15, 0.2) is 66.9 Å². The molecule has 1 amide bonds. The molecule has 5 nitrogen and oxygen atoms in total. The van der Waals surface area contributed by atoms with Crippen molar-refractivity contribution in [3.05, 3.63) is 89.1 Å². The van der Waals surface area contributed by atoms with Gasteiger partial charge in [0, 0.05) is 18.8 Å². The number of fused-ring (bicyclic) bond motifs is 1. The Morgan fingerprint density at radius 1 is 1.10 bits per heavy atom. The van der Waals surface area contributed by atoms with Gasteiger partial charge in [-0.05, 0) is 67.0 Å². The minimum absolute atomic E-state index is 0.374. The van der Waals surface area contributed by atoms with Crippen LogP contribution in [0.25, 0.3) is 0 Å². The van der Waals surface area contributed by atoms with Gasteiger partial charge in [-0.15, -0.1) is 0 Å². The summed E-state index contributed by atoms with van der Waals surface area (Å²) in [6, 6.07) is 20.2. The molecule has 4 rings (SSSR count). The maximum absolute atomic E-state index is 11.2. The fraction of sp³-hybridized carbons (Fsp3) is 0.280. The first-order chi connectivity index (χ1) is 14.7. The van der Waals surface area contributed by atoms with Gasteiger partial charge < -0.3 is 15.8 Å². The zero-order valence-corrected chi connectivity index (χ0v) is 17.0. The SMILES string of the molecule is NC(=O)c1ccc(Oc2cccc3c2CCCC3CNCCc2ccccc2)nc1. The quantitative estimate of drug-likeness (QED) is 0.554. The Bertz CT molecular complexity index is 987. The molecule has 30 heavy (non-hydrogen) atoms. The smallest absolute Gasteiger partial charge is 0.250 e. The maximum Gasteiger partial charge on any atom is 0.250 e. The van der Waals surface area contributed by atoms with Crippen molar-refractivity contribution in [2.75, 3.05) is 13.1 Å². The van der Waals surface area contributed by atoms with Crippen LogP contribution in [0.5, 0.6) is 11.6 Å². The lowest BCUT2D eigenvalue weighted by atomic mass is 9.82. The average molecular weight is 402 g/mol. The summed E-state index contributed by atoms with van der Waals surface area (Å²) in [5, 5.41) is 3.63. The van der Waals surface area contributed by atoms with Gasteiger partial charge in [0.05, 0.1) is 5.56 Å². The first-order valence-electron chi connectivity index (χ1n) is 10.5. The highest BCUT2D eigenvalue weighted by molar-refractivity contribution is 5.92. The van der Waals surface area contributed by atoms with Crippen molar-refractivity contribution in [2.24, 2.45) is 5.73 Å². The van der Waals surface area contributed by atoms with E-state index in [9.17, 15) is 4.79 Å². The first kappa shape index (κ1) is 20.1. The molecule has 1 aliphatic rings. The Morgan fingerprint density at radius 3 is 2.73 bits per heavy atom. The van der Waals surface area contributed by atoms with E-state index < -0.39 is 5.91 Å². The van der Waals surface area contributed by atoms with Gasteiger partial charge in [-0.25, -0.2) is 4.98 Å². The third-order valence-electron chi connectivity index (χ3n) is 5.65. The molecule has 0 saturated carbocycles. The topological polar surface area (TPSA) is 77.2 Å². The number of hydrogen-bond acceptors (Lipinski definition) is 4. The van der Waals surface area contributed by atoms with Gasteiger partial charge in [0.25, 0.3) is 0 Å². The molecule has 0 spiro atoms. The largest absolute Gasteiger partial charge is 0.439 e. The number of aromatic nitrogens is 1. The number of nitrogens with one attached hydrogen (secondary N) is 1. The standard InChI is InChI=1S/C25H27N3O2/c26-25(29)20-12-13-24(28-17-20)30-23-11-5-9-21-19(8-4-10-22(21)23)16-27-15-14-18-6-2-1-3-7-18/h1-3,5-7,9,11-13,17,19,27H,4,8,10,14-16H2,(H2,26,29). The van der Waals surface area contributed by atoms with Crippen molar-refractivity contribution in [1.82, 2.24) is 10.3 Å². The number of nitrogens with zero attached hydrogens (tertiary/aromatic N) is 1. The molecule has 2 aromatic carbocycles. The lowest BCUT2D eigenvalue weighted by Gasteiger charge is -2.27. The summed E-state index contributed by atoms with van der Waals surface area (Å²) in [4.78, 5) is 15.4. The molecular weight excluding hydrogens is 374 g/mol. The number of amides is 1. The van der Waals surface area contributed by atoms with Gasteiger partial charge in [0.1, 0.15) is 5.75 Å². The lowest BCUT2D eigenvalue weighted by molar-refractivity contribution is 0.1000. The third kappa shape index (κ3) is 4.86. The van der Waals surface area contributed by atoms with Crippen LogP contribution in [0.2, 0.25) is 0 Å². The van der Waals surface area contributed by atoms with Crippen molar-refractivity contribution >= 4 is 5.91 Å². The van der Waals surface area contributed by atoms with Crippen molar-refractivity contribution in [1.29, 1.82) is 0 Å². The number of carbonyl (C=O) groups is 1. The van der Waals surface area contributed by atoms with E-state index in [-0.39, 0.29) is 0 Å². The molecular formula is C25H27N3O2. The van der Waals surface area contributed by atoms with Crippen molar-refractivity contribution < 1.29 is 9.53 Å². The molecule has 3 N–H and O–H groups in total. The first-order valence-corrected chi connectivity index (χ1v) is 10.5. The van der Waals surface area contributed by atoms with Crippen LogP contribution in [0.3, 0.4) is 0 Å². The summed E-state index contributed by atoms with van der Waals surface area (Å²) in [6.07, 6.45) is 5.82. The summed E-state index contributed by atoms with van der Waals surface area (Å²) >= 11 is 0. The Hall–Kier alpha value is -3.18. The van der Waals surface area contributed by atoms with Crippen LogP contribution in [0.4, 0.5) is 0 Å². The van der Waals surface area contributed by atoms with Crippen molar-refractivity contribution in [3.8, 4) is 11.6 Å². The van der Waals surface area contributed by atoms with Gasteiger partial charge in [0.2, 0.25) is 11.8 Å². The second-order valence-corrected chi connectivity index (χ2v) is 7.70. The van der Waals surface area contributed by atoms with Crippen LogP contribution in [-0.4, -0.2) is 24.0 Å². The lowest BCUT2D eigenvalue weighted by Crippen LogP contribution is -2.26. The van der Waals surface area contributed by atoms with E-state index in [1.165, 1.54) is 29.3 Å². The normalized spacial score (nSPS) is 15.4. The van der Waals surface area contributed by atoms with Crippen LogP contribution in [0, 0.1) is 0 Å². The van der Waals surface area contributed by atoms with Gasteiger partial charge in [-0.2, -0.15) is 0 Å². The number of rotatable bonds is 8. The van der Waals surface area contributed by atoms with Crippen LogP contribution < -0.4 is 15.8 Å². The summed E-state index contributed by atoms with van der Waals surface area (Å²) in [7, 11) is 0. The fourth-order valence-electron chi connectivity index (χ4n) is 4.07. The number of hydrogen-bond donors (Lipinski definition) is 2. The highest BCUT2D eigenvalue weighted by Crippen LogP contribution is 2.37. The summed E-state index contributed by atoms with van der Waals surface area (Å²) in [5.74, 6) is 1.31. The molecule has 154 valence electrons. The van der Waals surface area contributed by atoms with Gasteiger partial charge in [-0.3, -0.25) is 4.79 Å². The summed E-state index contributed by atoms with van der Waals surface area (Å²) < 4.78 is 6.06. The summed E-state index contributed by atoms with van der Waals surface area (Å²) in [6.45, 7) is 1.94. The number of primary amides is 1. The minimum atomic E-state index is -0.492. The molecule has 1 atom stereocenters. The molecule has 0 saturated heterocycles. The van der Waals surface area contributed by atoms with E-state index in [0.717, 1.165) is 38.1 Å². The predicted octanol–water partition coefficient (Wildman–Crippen LogP) is 4.23. The van der Waals surface area contributed by atoms with E-state index in [1.807, 2.05) is 12.1 Å². The average Bonchev–Trinajstić information content (AvgIpc) is 2.78. The van der Waals surface area contributed by atoms with E-state index >= 15 is 0 Å². The number of benzene rings is 2. The molecule has 0 bridgehead atoms. The molecule has 3 aromatic rings. The second-order valence-electron chi connectivity index (χ2n) is 7.70. The molecule has 1 aliphatic carbocycles. The van der Waals surface area contributed by atoms with Gasteiger partial charge in [-0.1, -0.05) is 42.5 Å².